The zero-order valence-corrected chi connectivity index (χ0v) is 9.89. The van der Waals surface area contributed by atoms with Crippen molar-refractivity contribution in [1.82, 2.24) is 4.98 Å². The largest absolute Gasteiger partial charge is 0.262 e. The number of nitrogens with zero attached hydrogens (tertiary/aromatic N) is 2. The first-order chi connectivity index (χ1) is 6.75. The second-order valence-corrected chi connectivity index (χ2v) is 4.20. The molecule has 0 aliphatic carbocycles. The number of hydrogen-bond acceptors (Lipinski definition) is 2. The van der Waals surface area contributed by atoms with Crippen LogP contribution < -0.4 is 10.6 Å². The lowest BCUT2D eigenvalue weighted by atomic mass is 10.2. The summed E-state index contributed by atoms with van der Waals surface area (Å²) in [7, 11) is 0. The third kappa shape index (κ3) is 2.09. The minimum atomic E-state index is 0.928. The van der Waals surface area contributed by atoms with Crippen molar-refractivity contribution < 1.29 is 0 Å². The summed E-state index contributed by atoms with van der Waals surface area (Å²) < 4.78 is 0.988. The van der Waals surface area contributed by atoms with E-state index in [1.165, 1.54) is 0 Å². The quantitative estimate of drug-likeness (QED) is 0.522. The highest BCUT2D eigenvalue weighted by molar-refractivity contribution is 14.1. The van der Waals surface area contributed by atoms with E-state index in [0.29, 0.717) is 0 Å². The van der Waals surface area contributed by atoms with Crippen molar-refractivity contribution in [3.05, 3.63) is 38.1 Å². The first kappa shape index (κ1) is 9.58. The Hall–Kier alpha value is -0.970. The maximum Gasteiger partial charge on any atom is 0.102 e. The van der Waals surface area contributed by atoms with Gasteiger partial charge >= 0.3 is 0 Å². The van der Waals surface area contributed by atoms with Gasteiger partial charge in [0.2, 0.25) is 0 Å². The molecule has 0 fully saturated rings. The van der Waals surface area contributed by atoms with Gasteiger partial charge in [-0.1, -0.05) is 18.2 Å². The number of fused-ring (bicyclic) bond motifs is 1. The first-order valence-corrected chi connectivity index (χ1v) is 5.38. The lowest BCUT2D eigenvalue weighted by molar-refractivity contribution is 1.17. The van der Waals surface area contributed by atoms with Gasteiger partial charge in [0.25, 0.3) is 0 Å². The molecular formula is C11H9IN2. The van der Waals surface area contributed by atoms with Crippen molar-refractivity contribution in [2.45, 2.75) is 6.92 Å². The van der Waals surface area contributed by atoms with E-state index in [4.69, 9.17) is 0 Å². The van der Waals surface area contributed by atoms with Crippen molar-refractivity contribution in [2.24, 2.45) is 4.99 Å². The SMILES string of the molecule is CC1=C/C=c2\ccc(I)n\c2=C\N=C1. The van der Waals surface area contributed by atoms with Gasteiger partial charge in [-0.3, -0.25) is 4.99 Å². The van der Waals surface area contributed by atoms with Crippen molar-refractivity contribution >= 4 is 41.1 Å². The Kier molecular flexibility index (Phi) is 2.77. The third-order valence-corrected chi connectivity index (χ3v) is 2.53. The Morgan fingerprint density at radius 3 is 2.93 bits per heavy atom. The van der Waals surface area contributed by atoms with Crippen LogP contribution in [0.1, 0.15) is 6.92 Å². The molecule has 0 saturated heterocycles. The van der Waals surface area contributed by atoms with Gasteiger partial charge in [0.1, 0.15) is 3.70 Å². The van der Waals surface area contributed by atoms with Crippen LogP contribution >= 0.6 is 22.6 Å². The number of aliphatic imine (C=N–C) groups is 1. The van der Waals surface area contributed by atoms with Gasteiger partial charge in [-0.15, -0.1) is 0 Å². The van der Waals surface area contributed by atoms with Crippen LogP contribution in [0.25, 0.3) is 12.3 Å². The highest BCUT2D eigenvalue weighted by atomic mass is 127. The first-order valence-electron chi connectivity index (χ1n) is 4.30. The van der Waals surface area contributed by atoms with Gasteiger partial charge in [0.15, 0.2) is 0 Å². The van der Waals surface area contributed by atoms with Gasteiger partial charge < -0.3 is 0 Å². The summed E-state index contributed by atoms with van der Waals surface area (Å²) in [5.41, 5.74) is 1.14. The molecule has 0 amide bonds. The molecule has 70 valence electrons. The summed E-state index contributed by atoms with van der Waals surface area (Å²) in [6.45, 7) is 2.03. The molecule has 0 unspecified atom stereocenters. The highest BCUT2D eigenvalue weighted by Crippen LogP contribution is 1.94. The van der Waals surface area contributed by atoms with Gasteiger partial charge in [-0.05, 0) is 41.2 Å². The molecule has 1 aromatic rings. The number of rotatable bonds is 0. The molecule has 0 saturated carbocycles. The lowest BCUT2D eigenvalue weighted by Crippen LogP contribution is -2.28. The average molecular weight is 296 g/mol. The topological polar surface area (TPSA) is 25.2 Å². The van der Waals surface area contributed by atoms with Crippen molar-refractivity contribution in [3.8, 4) is 0 Å². The molecule has 2 nitrogen and oxygen atoms in total. The van der Waals surface area contributed by atoms with Crippen LogP contribution in [0.2, 0.25) is 0 Å². The normalized spacial score (nSPS) is 19.1. The van der Waals surface area contributed by atoms with E-state index in [1.807, 2.05) is 25.3 Å². The lowest BCUT2D eigenvalue weighted by Gasteiger charge is -1.94. The van der Waals surface area contributed by atoms with Crippen LogP contribution in [-0.2, 0) is 0 Å². The fourth-order valence-electron chi connectivity index (χ4n) is 1.19. The van der Waals surface area contributed by atoms with Crippen LogP contribution in [0, 0.1) is 3.70 Å². The molecule has 0 spiro atoms. The summed E-state index contributed by atoms with van der Waals surface area (Å²) in [4.78, 5) is 8.59. The third-order valence-electron chi connectivity index (χ3n) is 1.92. The molecule has 3 heteroatoms. The molecule has 2 rings (SSSR count). The Bertz CT molecular complexity index is 527. The standard InChI is InChI=1S/C11H9IN2/c1-8-2-3-9-4-5-11(12)14-10(9)7-13-6-8/h2-7H,1H3/b3-2?,8-2?,8-6?,9-3+,10-7+,13-6?,13-7?. The van der Waals surface area contributed by atoms with E-state index >= 15 is 0 Å². The van der Waals surface area contributed by atoms with Crippen LogP contribution in [0.15, 0.2) is 28.8 Å². The van der Waals surface area contributed by atoms with E-state index in [1.54, 1.807) is 6.20 Å². The molecule has 1 aliphatic heterocycles. The minimum Gasteiger partial charge on any atom is -0.262 e. The summed E-state index contributed by atoms with van der Waals surface area (Å²) in [5, 5.41) is 2.04. The van der Waals surface area contributed by atoms with Crippen molar-refractivity contribution in [1.29, 1.82) is 0 Å². The number of allylic oxidation sites excluding steroid dienone is 2. The summed E-state index contributed by atoms with van der Waals surface area (Å²) in [6, 6.07) is 4.06. The number of pyridine rings is 1. The molecule has 14 heavy (non-hydrogen) atoms. The number of aromatic nitrogens is 1. The van der Waals surface area contributed by atoms with Gasteiger partial charge in [-0.25, -0.2) is 4.98 Å². The Morgan fingerprint density at radius 1 is 1.21 bits per heavy atom. The molecule has 0 radical (unpaired) electrons. The van der Waals surface area contributed by atoms with Crippen LogP contribution in [0.5, 0.6) is 0 Å². The zero-order valence-electron chi connectivity index (χ0n) is 7.74. The second kappa shape index (κ2) is 4.04. The smallest absolute Gasteiger partial charge is 0.102 e. The van der Waals surface area contributed by atoms with Crippen LogP contribution in [-0.4, -0.2) is 11.2 Å². The summed E-state index contributed by atoms with van der Waals surface area (Å²) >= 11 is 2.20. The van der Waals surface area contributed by atoms with Crippen LogP contribution in [0.4, 0.5) is 0 Å². The zero-order chi connectivity index (χ0) is 9.97. The number of hydrogen-bond donors (Lipinski definition) is 0. The fraction of sp³-hybridized carbons (Fsp3) is 0.0909. The molecule has 0 aromatic carbocycles. The fourth-order valence-corrected chi connectivity index (χ4v) is 1.63. The average Bonchev–Trinajstić information content (AvgIpc) is 2.13. The highest BCUT2D eigenvalue weighted by Gasteiger charge is 1.91. The summed E-state index contributed by atoms with van der Waals surface area (Å²) in [6.07, 6.45) is 7.74. The second-order valence-electron chi connectivity index (χ2n) is 3.09. The Labute approximate surface area is 95.9 Å². The molecule has 0 N–H and O–H groups in total. The number of halogens is 1. The van der Waals surface area contributed by atoms with Crippen molar-refractivity contribution in [3.63, 3.8) is 0 Å². The maximum absolute atomic E-state index is 4.40. The predicted molar refractivity (Wildman–Crippen MR) is 67.4 cm³/mol. The monoisotopic (exact) mass is 296 g/mol. The van der Waals surface area contributed by atoms with Crippen LogP contribution in [0.3, 0.4) is 0 Å². The molecule has 1 aromatic heterocycles. The van der Waals surface area contributed by atoms with Gasteiger partial charge in [0, 0.05) is 11.4 Å². The Morgan fingerprint density at radius 2 is 2.07 bits per heavy atom. The summed E-state index contributed by atoms with van der Waals surface area (Å²) in [5.74, 6) is 0. The van der Waals surface area contributed by atoms with Gasteiger partial charge in [-0.2, -0.15) is 0 Å². The van der Waals surface area contributed by atoms with Gasteiger partial charge in [0.05, 0.1) is 11.5 Å². The molecule has 2 heterocycles. The van der Waals surface area contributed by atoms with E-state index in [2.05, 4.69) is 44.7 Å². The van der Waals surface area contributed by atoms with Crippen molar-refractivity contribution in [2.75, 3.05) is 0 Å². The molecular weight excluding hydrogens is 287 g/mol. The minimum absolute atomic E-state index is 0.928. The Balaban J connectivity index is 2.75. The predicted octanol–water partition coefficient (Wildman–Crippen LogP) is 1.24. The van der Waals surface area contributed by atoms with E-state index in [0.717, 1.165) is 19.8 Å². The van der Waals surface area contributed by atoms with E-state index in [-0.39, 0.29) is 0 Å². The molecule has 0 atom stereocenters. The molecule has 1 aliphatic rings. The van der Waals surface area contributed by atoms with E-state index < -0.39 is 0 Å². The molecule has 0 bridgehead atoms. The van der Waals surface area contributed by atoms with E-state index in [9.17, 15) is 0 Å². The maximum atomic E-state index is 4.40.